The maximum Gasteiger partial charge on any atom is 0 e. The zero-order chi connectivity index (χ0) is 16.4. The van der Waals surface area contributed by atoms with Gasteiger partial charge in [0.15, 0.2) is 0 Å². The first kappa shape index (κ1) is 30.9. The standard InChI is InChI=1S/C6H9NO6.3CO.Mo/c8-4(9)1-7(2-5(10)11)3-6(12)13;3*1-2;/h1-3H2,(H,8,9)(H,10,11)(H,12,13);;;;. The van der Waals surface area contributed by atoms with E-state index in [0.29, 0.717) is 0 Å². The van der Waals surface area contributed by atoms with Crippen molar-refractivity contribution in [1.29, 1.82) is 0 Å². The van der Waals surface area contributed by atoms with Crippen LogP contribution in [0, 0.1) is 20.0 Å². The third kappa shape index (κ3) is 36.0. The molecule has 0 spiro atoms. The van der Waals surface area contributed by atoms with Crippen LogP contribution in [-0.4, -0.2) is 57.8 Å². The number of carbonyl (C=O) groups is 3. The Bertz CT molecular complexity index is 284. The van der Waals surface area contributed by atoms with E-state index in [1.807, 2.05) is 0 Å². The molecule has 0 aromatic rings. The summed E-state index contributed by atoms with van der Waals surface area (Å²) in [5, 5.41) is 24.8. The molecule has 0 fully saturated rings. The predicted octanol–water partition coefficient (Wildman–Crippen LogP) is -1.57. The summed E-state index contributed by atoms with van der Waals surface area (Å²) < 4.78 is 22.5. The molecule has 0 amide bonds. The van der Waals surface area contributed by atoms with Gasteiger partial charge in [0.05, 0.1) is 19.6 Å². The van der Waals surface area contributed by atoms with Gasteiger partial charge in [0, 0.05) is 21.1 Å². The first-order valence-electron chi connectivity index (χ1n) is 3.90. The Morgan fingerprint density at radius 2 is 0.850 bits per heavy atom. The summed E-state index contributed by atoms with van der Waals surface area (Å²) in [5.74, 6) is -3.78. The molecule has 0 saturated carbocycles. The number of carboxylic acid groups (broad SMARTS) is 3. The molecular formula is C9H9MoNO9. The summed E-state index contributed by atoms with van der Waals surface area (Å²) in [6.45, 7) is 11.7. The fourth-order valence-electron chi connectivity index (χ4n) is 0.742. The molecule has 0 atom stereocenters. The summed E-state index contributed by atoms with van der Waals surface area (Å²) >= 11 is 0. The Balaban J connectivity index is -0.0000000940. The molecular weight excluding hydrogens is 362 g/mol. The molecule has 0 saturated heterocycles. The van der Waals surface area contributed by atoms with Crippen LogP contribution in [0.1, 0.15) is 0 Å². The Morgan fingerprint density at radius 3 is 0.950 bits per heavy atom. The SMILES string of the molecule is O=C(O)CN(CC(=O)O)CC(=O)O.[C-]#[O+].[C-]#[O+].[C-]#[O+].[Mo]. The monoisotopic (exact) mass is 373 g/mol. The molecule has 0 aliphatic heterocycles. The number of aliphatic carboxylic acids is 3. The van der Waals surface area contributed by atoms with E-state index < -0.39 is 37.5 Å². The molecule has 0 rings (SSSR count). The fraction of sp³-hybridized carbons (Fsp3) is 0.333. The van der Waals surface area contributed by atoms with Crippen LogP contribution in [0.25, 0.3) is 0 Å². The summed E-state index contributed by atoms with van der Waals surface area (Å²) in [4.78, 5) is 31.2. The van der Waals surface area contributed by atoms with Crippen molar-refractivity contribution in [3.8, 4) is 0 Å². The van der Waals surface area contributed by atoms with Crippen molar-refractivity contribution >= 4 is 17.9 Å². The maximum absolute atomic E-state index is 10.1. The minimum Gasteiger partial charge on any atom is 0 e. The van der Waals surface area contributed by atoms with E-state index in [1.54, 1.807) is 0 Å². The van der Waals surface area contributed by atoms with Gasteiger partial charge in [0.25, 0.3) is 0 Å². The maximum atomic E-state index is 10.1. The summed E-state index contributed by atoms with van der Waals surface area (Å²) in [7, 11) is 0. The smallest absolute Gasteiger partial charge is 0 e. The molecule has 0 unspecified atom stereocenters. The first-order valence-corrected chi connectivity index (χ1v) is 3.90. The average molecular weight is 371 g/mol. The van der Waals surface area contributed by atoms with Crippen LogP contribution in [0.2, 0.25) is 0 Å². The van der Waals surface area contributed by atoms with E-state index in [0.717, 1.165) is 4.90 Å². The Labute approximate surface area is 127 Å². The number of nitrogens with zero attached hydrogens (tertiary/aromatic N) is 1. The Hall–Kier alpha value is -1.72. The van der Waals surface area contributed by atoms with E-state index in [2.05, 4.69) is 20.0 Å². The van der Waals surface area contributed by atoms with Gasteiger partial charge in [-0.25, -0.2) is 0 Å². The van der Waals surface area contributed by atoms with E-state index >= 15 is 0 Å². The first-order chi connectivity index (χ1) is 8.91. The molecule has 0 aromatic heterocycles. The predicted molar refractivity (Wildman–Crippen MR) is 51.1 cm³/mol. The van der Waals surface area contributed by atoms with E-state index in [-0.39, 0.29) is 21.1 Å². The zero-order valence-corrected chi connectivity index (χ0v) is 11.8. The van der Waals surface area contributed by atoms with Crippen LogP contribution in [0.4, 0.5) is 0 Å². The molecule has 0 aliphatic carbocycles. The van der Waals surface area contributed by atoms with Crippen molar-refractivity contribution in [2.45, 2.75) is 0 Å². The van der Waals surface area contributed by atoms with Crippen LogP contribution in [0.3, 0.4) is 0 Å². The zero-order valence-electron chi connectivity index (χ0n) is 9.77. The van der Waals surface area contributed by atoms with Gasteiger partial charge >= 0.3 is 51.8 Å². The second-order valence-electron chi connectivity index (χ2n) is 2.33. The van der Waals surface area contributed by atoms with Crippen molar-refractivity contribution in [1.82, 2.24) is 4.90 Å². The second kappa shape index (κ2) is 26.0. The van der Waals surface area contributed by atoms with Crippen molar-refractivity contribution in [3.05, 3.63) is 20.0 Å². The fourth-order valence-corrected chi connectivity index (χ4v) is 0.742. The van der Waals surface area contributed by atoms with Gasteiger partial charge in [-0.2, -0.15) is 0 Å². The quantitative estimate of drug-likeness (QED) is 0.287. The number of hydrogen-bond acceptors (Lipinski definition) is 4. The van der Waals surface area contributed by atoms with Crippen LogP contribution < -0.4 is 0 Å². The second-order valence-corrected chi connectivity index (χ2v) is 2.33. The number of hydrogen-bond donors (Lipinski definition) is 3. The van der Waals surface area contributed by atoms with Crippen LogP contribution in [0.15, 0.2) is 0 Å². The van der Waals surface area contributed by atoms with E-state index in [9.17, 15) is 14.4 Å². The molecule has 0 aromatic carbocycles. The van der Waals surface area contributed by atoms with Crippen LogP contribution in [0.5, 0.6) is 0 Å². The molecule has 0 radical (unpaired) electrons. The molecule has 110 valence electrons. The van der Waals surface area contributed by atoms with E-state index in [4.69, 9.17) is 29.3 Å². The Kier molecular flexibility index (Phi) is 40.2. The van der Waals surface area contributed by atoms with Crippen molar-refractivity contribution in [2.75, 3.05) is 19.6 Å². The van der Waals surface area contributed by atoms with Gasteiger partial charge in [-0.15, -0.1) is 0 Å². The third-order valence-electron chi connectivity index (χ3n) is 1.08. The minimum atomic E-state index is -1.26. The normalized spacial score (nSPS) is 6.75. The number of carboxylic acids is 3. The topological polar surface area (TPSA) is 175 Å². The summed E-state index contributed by atoms with van der Waals surface area (Å²) in [6, 6.07) is 0. The average Bonchev–Trinajstić information content (AvgIpc) is 2.34. The third-order valence-corrected chi connectivity index (χ3v) is 1.08. The van der Waals surface area contributed by atoms with Crippen LogP contribution >= 0.6 is 0 Å². The molecule has 10 nitrogen and oxygen atoms in total. The molecule has 0 aliphatic rings. The molecule has 11 heteroatoms. The van der Waals surface area contributed by atoms with Crippen molar-refractivity contribution in [2.24, 2.45) is 0 Å². The van der Waals surface area contributed by atoms with Gasteiger partial charge in [0.2, 0.25) is 0 Å². The molecule has 0 bridgehead atoms. The van der Waals surface area contributed by atoms with Gasteiger partial charge in [-0.3, -0.25) is 19.3 Å². The largest absolute Gasteiger partial charge is 0 e. The number of rotatable bonds is 6. The van der Waals surface area contributed by atoms with Gasteiger partial charge in [0.1, 0.15) is 0 Å². The van der Waals surface area contributed by atoms with Crippen molar-refractivity contribution in [3.63, 3.8) is 0 Å². The molecule has 20 heavy (non-hydrogen) atoms. The Morgan fingerprint density at radius 1 is 0.700 bits per heavy atom. The molecule has 0 heterocycles. The molecule has 3 N–H and O–H groups in total. The van der Waals surface area contributed by atoms with E-state index in [1.165, 1.54) is 0 Å². The van der Waals surface area contributed by atoms with Gasteiger partial charge in [-0.1, -0.05) is 0 Å². The summed E-state index contributed by atoms with van der Waals surface area (Å²) in [6.07, 6.45) is 0. The minimum absolute atomic E-state index is 0. The van der Waals surface area contributed by atoms with Gasteiger partial charge < -0.3 is 15.3 Å². The van der Waals surface area contributed by atoms with Crippen LogP contribution in [-0.2, 0) is 49.4 Å². The van der Waals surface area contributed by atoms with Crippen molar-refractivity contribution < 1.29 is 64.7 Å². The summed E-state index contributed by atoms with van der Waals surface area (Å²) in [5.41, 5.74) is 0. The van der Waals surface area contributed by atoms with Gasteiger partial charge in [-0.05, 0) is 0 Å².